The third-order valence-electron chi connectivity index (χ3n) is 5.47. The van der Waals surface area contributed by atoms with Gasteiger partial charge in [0.15, 0.2) is 0 Å². The zero-order chi connectivity index (χ0) is 15.9. The van der Waals surface area contributed by atoms with Crippen molar-refractivity contribution in [2.75, 3.05) is 26.3 Å². The average molecular weight is 310 g/mol. The molecule has 22 heavy (non-hydrogen) atoms. The molecule has 0 aliphatic carbocycles. The lowest BCUT2D eigenvalue weighted by Crippen LogP contribution is -2.67. The Morgan fingerprint density at radius 2 is 1.91 bits per heavy atom. The average Bonchev–Trinajstić information content (AvgIpc) is 2.77. The van der Waals surface area contributed by atoms with E-state index >= 15 is 0 Å². The van der Waals surface area contributed by atoms with E-state index in [4.69, 9.17) is 4.74 Å². The minimum absolute atomic E-state index is 0.0114. The van der Waals surface area contributed by atoms with Crippen LogP contribution in [0.1, 0.15) is 39.5 Å². The molecule has 0 bridgehead atoms. The monoisotopic (exact) mass is 310 g/mol. The third-order valence-corrected chi connectivity index (χ3v) is 5.47. The van der Waals surface area contributed by atoms with Crippen molar-refractivity contribution >= 4 is 11.9 Å². The summed E-state index contributed by atoms with van der Waals surface area (Å²) >= 11 is 0. The molecular weight excluding hydrogens is 284 g/mol. The molecule has 3 fully saturated rings. The van der Waals surface area contributed by atoms with Gasteiger partial charge in [0.1, 0.15) is 11.6 Å². The van der Waals surface area contributed by atoms with Gasteiger partial charge < -0.3 is 14.7 Å². The maximum atomic E-state index is 13.2. The van der Waals surface area contributed by atoms with Crippen molar-refractivity contribution in [3.63, 3.8) is 0 Å². The van der Waals surface area contributed by atoms with E-state index in [2.05, 4.69) is 0 Å². The molecule has 0 saturated carbocycles. The van der Waals surface area contributed by atoms with Crippen LogP contribution in [0.2, 0.25) is 0 Å². The second-order valence-electron chi connectivity index (χ2n) is 7.15. The van der Waals surface area contributed by atoms with Gasteiger partial charge in [0.25, 0.3) is 0 Å². The number of amides is 1. The molecule has 1 spiro atoms. The summed E-state index contributed by atoms with van der Waals surface area (Å²) in [6.07, 6.45) is 3.42. The van der Waals surface area contributed by atoms with E-state index in [0.29, 0.717) is 19.8 Å². The lowest BCUT2D eigenvalue weighted by atomic mass is 9.82. The van der Waals surface area contributed by atoms with E-state index in [-0.39, 0.29) is 17.9 Å². The SMILES string of the molecule is CC(C)[C@@H](C(=O)O)N1CCC[C@@]12CCCN(C1COC1)C2=O. The number of carboxylic acids is 1. The maximum absolute atomic E-state index is 13.2. The van der Waals surface area contributed by atoms with Crippen LogP contribution in [0, 0.1) is 5.92 Å². The van der Waals surface area contributed by atoms with Crippen LogP contribution < -0.4 is 0 Å². The molecule has 1 N–H and O–H groups in total. The second-order valence-corrected chi connectivity index (χ2v) is 7.15. The minimum atomic E-state index is -0.812. The van der Waals surface area contributed by atoms with Crippen molar-refractivity contribution in [3.8, 4) is 0 Å². The zero-order valence-electron chi connectivity index (χ0n) is 13.5. The molecule has 3 aliphatic heterocycles. The number of carbonyl (C=O) groups is 2. The number of likely N-dealkylation sites (tertiary alicyclic amines) is 2. The van der Waals surface area contributed by atoms with Gasteiger partial charge in [0.05, 0.1) is 19.3 Å². The van der Waals surface area contributed by atoms with Gasteiger partial charge in [-0.1, -0.05) is 13.8 Å². The van der Waals surface area contributed by atoms with Gasteiger partial charge >= 0.3 is 5.97 Å². The maximum Gasteiger partial charge on any atom is 0.321 e. The van der Waals surface area contributed by atoms with E-state index in [1.807, 2.05) is 23.6 Å². The van der Waals surface area contributed by atoms with E-state index < -0.39 is 17.6 Å². The van der Waals surface area contributed by atoms with Gasteiger partial charge in [0, 0.05) is 13.1 Å². The van der Waals surface area contributed by atoms with Crippen molar-refractivity contribution in [2.24, 2.45) is 5.92 Å². The summed E-state index contributed by atoms with van der Waals surface area (Å²) in [7, 11) is 0. The third kappa shape index (κ3) is 2.33. The Morgan fingerprint density at radius 3 is 2.41 bits per heavy atom. The summed E-state index contributed by atoms with van der Waals surface area (Å²) in [5.74, 6) is -0.688. The predicted octanol–water partition coefficient (Wildman–Crippen LogP) is 0.951. The normalized spacial score (nSPS) is 31.8. The first kappa shape index (κ1) is 15.7. The quantitative estimate of drug-likeness (QED) is 0.837. The van der Waals surface area contributed by atoms with Crippen LogP contribution in [0.15, 0.2) is 0 Å². The van der Waals surface area contributed by atoms with Crippen molar-refractivity contribution in [1.82, 2.24) is 9.80 Å². The number of hydrogen-bond acceptors (Lipinski definition) is 4. The van der Waals surface area contributed by atoms with Crippen LogP contribution >= 0.6 is 0 Å². The van der Waals surface area contributed by atoms with Crippen molar-refractivity contribution in [2.45, 2.75) is 57.2 Å². The van der Waals surface area contributed by atoms with Gasteiger partial charge in [-0.2, -0.15) is 0 Å². The zero-order valence-corrected chi connectivity index (χ0v) is 13.5. The first-order valence-electron chi connectivity index (χ1n) is 8.36. The Kier molecular flexibility index (Phi) is 4.16. The molecule has 3 rings (SSSR count). The molecule has 0 aromatic carbocycles. The Bertz CT molecular complexity index is 463. The summed E-state index contributed by atoms with van der Waals surface area (Å²) in [6.45, 7) is 6.58. The number of carbonyl (C=O) groups excluding carboxylic acids is 1. The van der Waals surface area contributed by atoms with Crippen LogP contribution in [0.3, 0.4) is 0 Å². The predicted molar refractivity (Wildman–Crippen MR) is 80.5 cm³/mol. The Morgan fingerprint density at radius 1 is 1.27 bits per heavy atom. The van der Waals surface area contributed by atoms with E-state index in [0.717, 1.165) is 32.2 Å². The Balaban J connectivity index is 1.88. The van der Waals surface area contributed by atoms with Crippen LogP contribution in [0.25, 0.3) is 0 Å². The Hall–Kier alpha value is -1.14. The van der Waals surface area contributed by atoms with Gasteiger partial charge in [-0.15, -0.1) is 0 Å². The highest BCUT2D eigenvalue weighted by molar-refractivity contribution is 5.89. The number of piperidine rings is 1. The second kappa shape index (κ2) is 5.81. The molecule has 0 unspecified atom stereocenters. The lowest BCUT2D eigenvalue weighted by Gasteiger charge is -2.50. The summed E-state index contributed by atoms with van der Waals surface area (Å²) in [6, 6.07) is -0.390. The fourth-order valence-electron chi connectivity index (χ4n) is 4.35. The van der Waals surface area contributed by atoms with Gasteiger partial charge in [-0.3, -0.25) is 14.5 Å². The summed E-state index contributed by atoms with van der Waals surface area (Å²) in [5, 5.41) is 9.65. The highest BCUT2D eigenvalue weighted by atomic mass is 16.5. The van der Waals surface area contributed by atoms with Gasteiger partial charge in [-0.25, -0.2) is 0 Å². The van der Waals surface area contributed by atoms with Crippen molar-refractivity contribution < 1.29 is 19.4 Å². The molecule has 6 nitrogen and oxygen atoms in total. The molecule has 3 heterocycles. The molecule has 3 saturated heterocycles. The molecule has 0 aromatic heterocycles. The highest BCUT2D eigenvalue weighted by Gasteiger charge is 2.55. The van der Waals surface area contributed by atoms with Crippen molar-refractivity contribution in [1.29, 1.82) is 0 Å². The van der Waals surface area contributed by atoms with Crippen LogP contribution in [0.5, 0.6) is 0 Å². The topological polar surface area (TPSA) is 70.1 Å². The van der Waals surface area contributed by atoms with Crippen LogP contribution in [-0.2, 0) is 14.3 Å². The summed E-state index contributed by atoms with van der Waals surface area (Å²) in [4.78, 5) is 28.9. The smallest absolute Gasteiger partial charge is 0.321 e. The van der Waals surface area contributed by atoms with Gasteiger partial charge in [-0.05, 0) is 31.6 Å². The number of carboxylic acid groups (broad SMARTS) is 1. The molecule has 1 amide bonds. The molecular formula is C16H26N2O4. The van der Waals surface area contributed by atoms with E-state index in [1.165, 1.54) is 0 Å². The summed E-state index contributed by atoms with van der Waals surface area (Å²) in [5.41, 5.74) is -0.596. The highest BCUT2D eigenvalue weighted by Crippen LogP contribution is 2.41. The van der Waals surface area contributed by atoms with Crippen LogP contribution in [0.4, 0.5) is 0 Å². The number of aliphatic carboxylic acids is 1. The fraction of sp³-hybridized carbons (Fsp3) is 0.875. The number of nitrogens with zero attached hydrogens (tertiary/aromatic N) is 2. The van der Waals surface area contributed by atoms with E-state index in [1.54, 1.807) is 0 Å². The molecule has 0 radical (unpaired) electrons. The lowest BCUT2D eigenvalue weighted by molar-refractivity contribution is -0.167. The first-order valence-corrected chi connectivity index (χ1v) is 8.36. The molecule has 124 valence electrons. The Labute approximate surface area is 131 Å². The molecule has 6 heteroatoms. The first-order chi connectivity index (χ1) is 10.5. The minimum Gasteiger partial charge on any atom is -0.480 e. The standard InChI is InChI=1S/C16H26N2O4/c1-11(2)13(14(19)20)18-8-4-6-16(18)5-3-7-17(15(16)21)12-9-22-10-12/h11-13H,3-10H2,1-2H3,(H,19,20)/t13-,16+/m0/s1. The van der Waals surface area contributed by atoms with Gasteiger partial charge in [0.2, 0.25) is 5.91 Å². The number of hydrogen-bond donors (Lipinski definition) is 1. The molecule has 2 atom stereocenters. The number of ether oxygens (including phenoxy) is 1. The van der Waals surface area contributed by atoms with Crippen LogP contribution in [-0.4, -0.2) is 70.7 Å². The molecule has 0 aromatic rings. The molecule has 3 aliphatic rings. The largest absolute Gasteiger partial charge is 0.480 e. The fourth-order valence-corrected chi connectivity index (χ4v) is 4.35. The summed E-state index contributed by atoms with van der Waals surface area (Å²) < 4.78 is 5.24. The number of rotatable bonds is 4. The van der Waals surface area contributed by atoms with E-state index in [9.17, 15) is 14.7 Å². The van der Waals surface area contributed by atoms with Crippen molar-refractivity contribution in [3.05, 3.63) is 0 Å².